The van der Waals surface area contributed by atoms with Gasteiger partial charge in [-0.15, -0.1) is 4.74 Å². The number of H-pyrrole nitrogens is 1. The standard InChI is InChI=1S/C10H15N4O2/c1-9(2)10(3,4)14(16)8(13(9)15)7-5-6-11-12-7/h5-6H,1-4H3,(H,11,12)/q+1. The zero-order chi connectivity index (χ0) is 12.1. The first-order valence-corrected chi connectivity index (χ1v) is 5.11. The summed E-state index contributed by atoms with van der Waals surface area (Å²) in [5.74, 6) is 0.0903. The number of nitrogens with one attached hydrogen (secondary N) is 1. The molecule has 0 amide bonds. The molecule has 0 radical (unpaired) electrons. The lowest BCUT2D eigenvalue weighted by Gasteiger charge is -2.22. The first kappa shape index (κ1) is 10.8. The van der Waals surface area contributed by atoms with Gasteiger partial charge in [-0.25, -0.2) is 0 Å². The Bertz CT molecular complexity index is 471. The summed E-state index contributed by atoms with van der Waals surface area (Å²) in [7, 11) is 0. The number of aromatic nitrogens is 2. The molecule has 1 aromatic heterocycles. The van der Waals surface area contributed by atoms with Crippen molar-refractivity contribution in [3.8, 4) is 0 Å². The van der Waals surface area contributed by atoms with Crippen molar-refractivity contribution in [2.45, 2.75) is 38.8 Å². The van der Waals surface area contributed by atoms with Crippen LogP contribution in [0.3, 0.4) is 0 Å². The number of amidine groups is 1. The molecule has 0 aliphatic carbocycles. The van der Waals surface area contributed by atoms with Crippen molar-refractivity contribution in [2.24, 2.45) is 0 Å². The summed E-state index contributed by atoms with van der Waals surface area (Å²) >= 11 is 0. The molecule has 0 aromatic carbocycles. The van der Waals surface area contributed by atoms with E-state index >= 15 is 0 Å². The van der Waals surface area contributed by atoms with E-state index in [4.69, 9.17) is 0 Å². The molecule has 1 aliphatic heterocycles. The van der Waals surface area contributed by atoms with Gasteiger partial charge in [0.05, 0.1) is 0 Å². The predicted octanol–water partition coefficient (Wildman–Crippen LogP) is 1.02. The quantitative estimate of drug-likeness (QED) is 0.570. The Morgan fingerprint density at radius 1 is 1.31 bits per heavy atom. The molecule has 0 saturated carbocycles. The Morgan fingerprint density at radius 3 is 2.31 bits per heavy atom. The van der Waals surface area contributed by atoms with Crippen LogP contribution in [0.5, 0.6) is 0 Å². The van der Waals surface area contributed by atoms with Crippen molar-refractivity contribution in [2.75, 3.05) is 0 Å². The highest BCUT2D eigenvalue weighted by molar-refractivity contribution is 5.87. The molecule has 0 bridgehead atoms. The summed E-state index contributed by atoms with van der Waals surface area (Å²) in [4.78, 5) is 12.1. The van der Waals surface area contributed by atoms with E-state index in [-0.39, 0.29) is 5.84 Å². The van der Waals surface area contributed by atoms with Crippen LogP contribution in [0.25, 0.3) is 0 Å². The maximum Gasteiger partial charge on any atom is 0.522 e. The minimum Gasteiger partial charge on any atom is -0.618 e. The fourth-order valence-electron chi connectivity index (χ4n) is 1.71. The third kappa shape index (κ3) is 1.07. The Labute approximate surface area is 93.1 Å². The van der Waals surface area contributed by atoms with Gasteiger partial charge in [0.15, 0.2) is 0 Å². The van der Waals surface area contributed by atoms with E-state index in [1.54, 1.807) is 33.8 Å². The third-order valence-corrected chi connectivity index (χ3v) is 3.64. The van der Waals surface area contributed by atoms with Gasteiger partial charge in [0.2, 0.25) is 11.2 Å². The molecule has 1 aliphatic rings. The SMILES string of the molecule is CC1(C)[N+](=O)C(c2ccn[nH]2)=[N+]([O-])C1(C)C. The molecule has 0 unspecified atom stereocenters. The summed E-state index contributed by atoms with van der Waals surface area (Å²) in [5.41, 5.74) is -1.12. The molecule has 2 heterocycles. The molecule has 6 nitrogen and oxygen atoms in total. The van der Waals surface area contributed by atoms with Gasteiger partial charge in [-0.05, 0) is 6.07 Å². The van der Waals surface area contributed by atoms with Gasteiger partial charge < -0.3 is 5.21 Å². The van der Waals surface area contributed by atoms with Crippen LogP contribution in [-0.4, -0.2) is 36.6 Å². The molecule has 0 spiro atoms. The molecule has 6 heteroatoms. The van der Waals surface area contributed by atoms with Crippen molar-refractivity contribution in [1.29, 1.82) is 0 Å². The zero-order valence-electron chi connectivity index (χ0n) is 9.81. The van der Waals surface area contributed by atoms with Crippen LogP contribution in [0.4, 0.5) is 0 Å². The van der Waals surface area contributed by atoms with Crippen LogP contribution < -0.4 is 0 Å². The molecule has 1 aromatic rings. The minimum absolute atomic E-state index is 0.0903. The summed E-state index contributed by atoms with van der Waals surface area (Å²) in [6.45, 7) is 7.03. The third-order valence-electron chi connectivity index (χ3n) is 3.64. The highest BCUT2D eigenvalue weighted by Crippen LogP contribution is 2.34. The van der Waals surface area contributed by atoms with Gasteiger partial charge in [0.25, 0.3) is 5.54 Å². The predicted molar refractivity (Wildman–Crippen MR) is 58.1 cm³/mol. The lowest BCUT2D eigenvalue weighted by Crippen LogP contribution is -2.50. The molecule has 1 N–H and O–H groups in total. The normalized spacial score (nSPS) is 22.9. The van der Waals surface area contributed by atoms with Gasteiger partial charge in [-0.3, -0.25) is 5.10 Å². The van der Waals surface area contributed by atoms with Crippen molar-refractivity contribution in [3.05, 3.63) is 28.1 Å². The van der Waals surface area contributed by atoms with E-state index < -0.39 is 11.1 Å². The molecular weight excluding hydrogens is 208 g/mol. The van der Waals surface area contributed by atoms with E-state index in [0.717, 1.165) is 9.50 Å². The van der Waals surface area contributed by atoms with E-state index in [2.05, 4.69) is 10.2 Å². The van der Waals surface area contributed by atoms with Crippen molar-refractivity contribution in [3.63, 3.8) is 0 Å². The van der Waals surface area contributed by atoms with E-state index in [1.807, 2.05) is 0 Å². The lowest BCUT2D eigenvalue weighted by atomic mass is 9.84. The van der Waals surface area contributed by atoms with Crippen LogP contribution in [0, 0.1) is 10.1 Å². The van der Waals surface area contributed by atoms with Crippen LogP contribution in [0.2, 0.25) is 0 Å². The average Bonchev–Trinajstić information content (AvgIpc) is 2.73. The number of rotatable bonds is 1. The summed E-state index contributed by atoms with van der Waals surface area (Å²) < 4.78 is 1.51. The first-order chi connectivity index (χ1) is 7.30. The van der Waals surface area contributed by atoms with Crippen LogP contribution in [-0.2, 0) is 0 Å². The van der Waals surface area contributed by atoms with Crippen molar-refractivity contribution in [1.82, 2.24) is 10.2 Å². The van der Waals surface area contributed by atoms with Crippen LogP contribution in [0.1, 0.15) is 33.4 Å². The number of nitrogens with zero attached hydrogens (tertiary/aromatic N) is 3. The van der Waals surface area contributed by atoms with Crippen molar-refractivity contribution < 1.29 is 9.50 Å². The molecule has 86 valence electrons. The number of nitroso groups, excluding NO2 is 1. The van der Waals surface area contributed by atoms with Crippen molar-refractivity contribution >= 4 is 5.84 Å². The maximum atomic E-state index is 12.1. The Kier molecular flexibility index (Phi) is 1.95. The van der Waals surface area contributed by atoms with Gasteiger partial charge in [0.1, 0.15) is 4.76 Å². The molecule has 0 saturated heterocycles. The average molecular weight is 223 g/mol. The molecule has 0 fully saturated rings. The molecule has 0 atom stereocenters. The summed E-state index contributed by atoms with van der Waals surface area (Å²) in [6.07, 6.45) is 1.52. The van der Waals surface area contributed by atoms with Crippen LogP contribution in [0.15, 0.2) is 12.3 Å². The largest absolute Gasteiger partial charge is 0.618 e. The summed E-state index contributed by atoms with van der Waals surface area (Å²) in [6, 6.07) is 1.61. The lowest BCUT2D eigenvalue weighted by molar-refractivity contribution is -0.555. The number of hydrogen-bond donors (Lipinski definition) is 1. The van der Waals surface area contributed by atoms with Gasteiger partial charge in [-0.2, -0.15) is 5.10 Å². The maximum absolute atomic E-state index is 12.1. The highest BCUT2D eigenvalue weighted by atomic mass is 16.5. The fraction of sp³-hybridized carbons (Fsp3) is 0.600. The first-order valence-electron chi connectivity index (χ1n) is 5.11. The molecule has 16 heavy (non-hydrogen) atoms. The second-order valence-electron chi connectivity index (χ2n) is 5.00. The number of aromatic amines is 1. The second kappa shape index (κ2) is 2.90. The summed E-state index contributed by atoms with van der Waals surface area (Å²) in [5, 5.41) is 18.5. The Morgan fingerprint density at radius 2 is 1.94 bits per heavy atom. The van der Waals surface area contributed by atoms with Gasteiger partial charge in [-0.1, -0.05) is 0 Å². The van der Waals surface area contributed by atoms with E-state index in [1.165, 1.54) is 6.20 Å². The van der Waals surface area contributed by atoms with Gasteiger partial charge in [0, 0.05) is 38.8 Å². The second-order valence-corrected chi connectivity index (χ2v) is 5.00. The fourth-order valence-corrected chi connectivity index (χ4v) is 1.71. The van der Waals surface area contributed by atoms with Crippen LogP contribution >= 0.6 is 0 Å². The number of hydroxylamine groups is 1. The Hall–Kier alpha value is -1.72. The topological polar surface area (TPSA) is 74.8 Å². The zero-order valence-corrected chi connectivity index (χ0v) is 9.81. The minimum atomic E-state index is -0.783. The number of hydrogen-bond acceptors (Lipinski definition) is 3. The Balaban J connectivity index is 2.64. The molecule has 2 rings (SSSR count). The van der Waals surface area contributed by atoms with E-state index in [0.29, 0.717) is 5.69 Å². The highest BCUT2D eigenvalue weighted by Gasteiger charge is 2.68. The smallest absolute Gasteiger partial charge is 0.522 e. The molecular formula is C10H15N4O2+. The van der Waals surface area contributed by atoms with Gasteiger partial charge >= 0.3 is 5.84 Å². The monoisotopic (exact) mass is 223 g/mol. The van der Waals surface area contributed by atoms with E-state index in [9.17, 15) is 10.1 Å².